The standard InChI is InChI=1S/C26H33F2N5O4/c1-17(24(29)37-11-9-34)25(30-21-6-4-3-5-7-21)32-26(35)31-23-16-33(8-10-36-2)15-22(23)18-12-19(27)14-20(28)13-18/h3-7,12-14,22-23,34H,8-11,15-16,29H2,1-2H3,(H2,30,31,32,35)/t22-,23+/m0/s1. The summed E-state index contributed by atoms with van der Waals surface area (Å²) in [6.45, 7) is 3.43. The van der Waals surface area contributed by atoms with Crippen LogP contribution in [0.5, 0.6) is 0 Å². The molecule has 0 saturated carbocycles. The fourth-order valence-electron chi connectivity index (χ4n) is 4.09. The highest BCUT2D eigenvalue weighted by Crippen LogP contribution is 2.29. The normalized spacial score (nSPS) is 18.9. The zero-order valence-electron chi connectivity index (χ0n) is 20.9. The SMILES string of the molecule is COCCN1C[C@@H](NC(=O)NC(=Nc2ccccc2)C(C)=C(N)OCCO)[C@H](c2cc(F)cc(F)c2)C1. The van der Waals surface area contributed by atoms with Crippen molar-refractivity contribution in [1.29, 1.82) is 0 Å². The van der Waals surface area contributed by atoms with Crippen LogP contribution in [0.2, 0.25) is 0 Å². The number of carbonyl (C=O) groups is 1. The Labute approximate surface area is 215 Å². The van der Waals surface area contributed by atoms with Crippen molar-refractivity contribution in [1.82, 2.24) is 15.5 Å². The predicted molar refractivity (Wildman–Crippen MR) is 136 cm³/mol. The monoisotopic (exact) mass is 517 g/mol. The maximum atomic E-state index is 14.0. The van der Waals surface area contributed by atoms with Crippen LogP contribution in [0, 0.1) is 11.6 Å². The second-order valence-corrected chi connectivity index (χ2v) is 8.62. The molecular weight excluding hydrogens is 484 g/mol. The van der Waals surface area contributed by atoms with E-state index in [-0.39, 0.29) is 30.9 Å². The molecule has 2 amide bonds. The number of nitrogens with one attached hydrogen (secondary N) is 2. The molecule has 3 rings (SSSR count). The highest BCUT2D eigenvalue weighted by atomic mass is 19.1. The molecule has 2 aromatic rings. The lowest BCUT2D eigenvalue weighted by Gasteiger charge is -2.21. The summed E-state index contributed by atoms with van der Waals surface area (Å²) in [7, 11) is 1.60. The minimum Gasteiger partial charge on any atom is -0.477 e. The van der Waals surface area contributed by atoms with Gasteiger partial charge in [0.25, 0.3) is 0 Å². The van der Waals surface area contributed by atoms with E-state index in [9.17, 15) is 13.6 Å². The quantitative estimate of drug-likeness (QED) is 0.218. The minimum atomic E-state index is -0.676. The molecule has 1 fully saturated rings. The van der Waals surface area contributed by atoms with Crippen LogP contribution in [-0.2, 0) is 9.47 Å². The van der Waals surface area contributed by atoms with Crippen molar-refractivity contribution in [2.45, 2.75) is 18.9 Å². The first-order valence-electron chi connectivity index (χ1n) is 11.9. The van der Waals surface area contributed by atoms with Gasteiger partial charge in [0.05, 0.1) is 30.5 Å². The van der Waals surface area contributed by atoms with Gasteiger partial charge >= 0.3 is 6.03 Å². The van der Waals surface area contributed by atoms with Gasteiger partial charge in [0.1, 0.15) is 24.1 Å². The van der Waals surface area contributed by atoms with Crippen LogP contribution < -0.4 is 16.4 Å². The molecule has 0 spiro atoms. The number of methoxy groups -OCH3 is 1. The number of aliphatic imine (C=N–C) groups is 1. The van der Waals surface area contributed by atoms with Gasteiger partial charge in [-0.25, -0.2) is 18.6 Å². The molecule has 9 nitrogen and oxygen atoms in total. The Morgan fingerprint density at radius 3 is 2.51 bits per heavy atom. The van der Waals surface area contributed by atoms with Gasteiger partial charge in [-0.1, -0.05) is 18.2 Å². The third kappa shape index (κ3) is 8.24. The second-order valence-electron chi connectivity index (χ2n) is 8.62. The van der Waals surface area contributed by atoms with E-state index in [1.165, 1.54) is 12.1 Å². The maximum Gasteiger partial charge on any atom is 0.320 e. The zero-order valence-corrected chi connectivity index (χ0v) is 20.9. The van der Waals surface area contributed by atoms with Crippen molar-refractivity contribution in [3.05, 3.63) is 77.2 Å². The number of amides is 2. The highest BCUT2D eigenvalue weighted by molar-refractivity contribution is 6.08. The van der Waals surface area contributed by atoms with Crippen molar-refractivity contribution in [3.63, 3.8) is 0 Å². The number of carbonyl (C=O) groups excluding carboxylic acids is 1. The molecule has 200 valence electrons. The van der Waals surface area contributed by atoms with Crippen molar-refractivity contribution in [2.75, 3.05) is 46.6 Å². The van der Waals surface area contributed by atoms with Crippen LogP contribution >= 0.6 is 0 Å². The first kappa shape index (κ1) is 28.0. The maximum absolute atomic E-state index is 14.0. The molecule has 0 radical (unpaired) electrons. The molecule has 2 atom stereocenters. The van der Waals surface area contributed by atoms with Gasteiger partial charge in [0.2, 0.25) is 0 Å². The van der Waals surface area contributed by atoms with Gasteiger partial charge < -0.3 is 25.6 Å². The Balaban J connectivity index is 1.83. The summed E-state index contributed by atoms with van der Waals surface area (Å²) < 4.78 is 38.4. The Morgan fingerprint density at radius 2 is 1.86 bits per heavy atom. The number of benzene rings is 2. The van der Waals surface area contributed by atoms with Gasteiger partial charge in [-0.2, -0.15) is 0 Å². The number of ether oxygens (including phenoxy) is 2. The van der Waals surface area contributed by atoms with Crippen LogP contribution in [-0.4, -0.2) is 74.5 Å². The number of likely N-dealkylation sites (tertiary alicyclic amines) is 1. The summed E-state index contributed by atoms with van der Waals surface area (Å²) in [6.07, 6.45) is 0. The van der Waals surface area contributed by atoms with Gasteiger partial charge in [-0.3, -0.25) is 10.2 Å². The number of aliphatic hydroxyl groups excluding tert-OH is 1. The van der Waals surface area contributed by atoms with E-state index in [1.807, 2.05) is 6.07 Å². The smallest absolute Gasteiger partial charge is 0.320 e. The molecule has 1 saturated heterocycles. The third-order valence-corrected chi connectivity index (χ3v) is 5.94. The number of nitrogens with two attached hydrogens (primary N) is 1. The molecule has 37 heavy (non-hydrogen) atoms. The highest BCUT2D eigenvalue weighted by Gasteiger charge is 2.35. The average molecular weight is 518 g/mol. The molecule has 5 N–H and O–H groups in total. The van der Waals surface area contributed by atoms with Crippen LogP contribution in [0.3, 0.4) is 0 Å². The number of hydrogen-bond acceptors (Lipinski definition) is 7. The Morgan fingerprint density at radius 1 is 1.16 bits per heavy atom. The van der Waals surface area contributed by atoms with Crippen LogP contribution in [0.25, 0.3) is 0 Å². The zero-order chi connectivity index (χ0) is 26.8. The van der Waals surface area contributed by atoms with E-state index in [2.05, 4.69) is 20.5 Å². The van der Waals surface area contributed by atoms with E-state index in [0.29, 0.717) is 43.1 Å². The summed E-state index contributed by atoms with van der Waals surface area (Å²) in [5.41, 5.74) is 7.39. The van der Waals surface area contributed by atoms with Gasteiger partial charge in [-0.15, -0.1) is 0 Å². The summed E-state index contributed by atoms with van der Waals surface area (Å²) in [4.78, 5) is 19.7. The van der Waals surface area contributed by atoms with Crippen LogP contribution in [0.15, 0.2) is 65.0 Å². The van der Waals surface area contributed by atoms with Gasteiger partial charge in [0.15, 0.2) is 5.88 Å². The fraction of sp³-hybridized carbons (Fsp3) is 0.385. The largest absolute Gasteiger partial charge is 0.477 e. The Kier molecular flexibility index (Phi) is 10.4. The topological polar surface area (TPSA) is 121 Å². The van der Waals surface area contributed by atoms with Crippen molar-refractivity contribution >= 4 is 17.6 Å². The van der Waals surface area contributed by atoms with Gasteiger partial charge in [0, 0.05) is 38.7 Å². The molecule has 0 bridgehead atoms. The number of halogens is 2. The number of aliphatic hydroxyl groups is 1. The van der Waals surface area contributed by atoms with E-state index >= 15 is 0 Å². The number of rotatable bonds is 10. The predicted octanol–water partition coefficient (Wildman–Crippen LogP) is 2.61. The summed E-state index contributed by atoms with van der Waals surface area (Å²) in [6, 6.07) is 11.4. The first-order chi connectivity index (χ1) is 17.8. The second kappa shape index (κ2) is 13.7. The fourth-order valence-corrected chi connectivity index (χ4v) is 4.09. The number of urea groups is 1. The van der Waals surface area contributed by atoms with E-state index < -0.39 is 23.7 Å². The minimum absolute atomic E-state index is 0.00347. The molecule has 11 heteroatoms. The molecule has 1 aliphatic heterocycles. The number of para-hydroxylation sites is 1. The average Bonchev–Trinajstić information content (AvgIpc) is 3.27. The van der Waals surface area contributed by atoms with Gasteiger partial charge in [-0.05, 0) is 36.8 Å². The molecule has 1 aliphatic rings. The Bertz CT molecular complexity index is 1090. The lowest BCUT2D eigenvalue weighted by Crippen LogP contribution is -2.47. The summed E-state index contributed by atoms with van der Waals surface area (Å²) in [5.74, 6) is -1.54. The molecule has 2 aromatic carbocycles. The lowest BCUT2D eigenvalue weighted by atomic mass is 9.94. The van der Waals surface area contributed by atoms with E-state index in [4.69, 9.17) is 20.3 Å². The van der Waals surface area contributed by atoms with Crippen LogP contribution in [0.4, 0.5) is 19.3 Å². The van der Waals surface area contributed by atoms with Crippen molar-refractivity contribution in [3.8, 4) is 0 Å². The first-order valence-corrected chi connectivity index (χ1v) is 11.9. The van der Waals surface area contributed by atoms with Crippen LogP contribution in [0.1, 0.15) is 18.4 Å². The lowest BCUT2D eigenvalue weighted by molar-refractivity contribution is 0.142. The number of hydrogen-bond donors (Lipinski definition) is 4. The van der Waals surface area contributed by atoms with Crippen molar-refractivity contribution < 1.29 is 28.2 Å². The number of amidine groups is 1. The van der Waals surface area contributed by atoms with E-state index in [0.717, 1.165) is 6.07 Å². The Hall–Kier alpha value is -3.54. The third-order valence-electron chi connectivity index (χ3n) is 5.94. The molecule has 0 unspecified atom stereocenters. The summed E-state index contributed by atoms with van der Waals surface area (Å²) >= 11 is 0. The summed E-state index contributed by atoms with van der Waals surface area (Å²) in [5, 5.41) is 14.7. The van der Waals surface area contributed by atoms with Crippen molar-refractivity contribution in [2.24, 2.45) is 10.7 Å². The molecule has 0 aliphatic carbocycles. The number of nitrogens with zero attached hydrogens (tertiary/aromatic N) is 2. The molecule has 0 aromatic heterocycles. The molecular formula is C26H33F2N5O4. The van der Waals surface area contributed by atoms with E-state index in [1.54, 1.807) is 38.3 Å². The molecule has 1 heterocycles.